The molecule has 31 heavy (non-hydrogen) atoms. The van der Waals surface area contributed by atoms with E-state index < -0.39 is 10.3 Å². The minimum Gasteiger partial charge on any atom is -0.463 e. The highest BCUT2D eigenvalue weighted by Gasteiger charge is 2.24. The number of nitrogens with one attached hydrogen (secondary N) is 2. The first-order chi connectivity index (χ1) is 14.6. The van der Waals surface area contributed by atoms with Crippen LogP contribution in [0.3, 0.4) is 0 Å². The fourth-order valence-corrected chi connectivity index (χ4v) is 3.18. The average Bonchev–Trinajstić information content (AvgIpc) is 2.71. The van der Waals surface area contributed by atoms with E-state index in [0.29, 0.717) is 11.5 Å². The second-order valence-electron chi connectivity index (χ2n) is 8.42. The lowest BCUT2D eigenvalue weighted by atomic mass is 9.97. The van der Waals surface area contributed by atoms with Gasteiger partial charge in [0.2, 0.25) is 0 Å². The van der Waals surface area contributed by atoms with Crippen molar-refractivity contribution in [1.82, 2.24) is 10.6 Å². The molecule has 2 rings (SSSR count). The highest BCUT2D eigenvalue weighted by molar-refractivity contribution is 7.80. The Labute approximate surface area is 188 Å². The summed E-state index contributed by atoms with van der Waals surface area (Å²) in [4.78, 5) is 22.6. The number of nitro benzene ring substituents is 1. The highest BCUT2D eigenvalue weighted by Crippen LogP contribution is 2.18. The van der Waals surface area contributed by atoms with Crippen LogP contribution in [0.5, 0.6) is 0 Å². The van der Waals surface area contributed by atoms with Gasteiger partial charge in [-0.25, -0.2) is 0 Å². The van der Waals surface area contributed by atoms with Crippen molar-refractivity contribution in [2.24, 2.45) is 5.41 Å². The van der Waals surface area contributed by atoms with Crippen molar-refractivity contribution in [1.29, 1.82) is 0 Å². The SMILES string of the molecule is C[C@H](NC(=S)N[C@H](COC(=O)C(C)(C)C)Cc1ccccc1)c1ccc([N+](=O)[O-])cc1. The summed E-state index contributed by atoms with van der Waals surface area (Å²) in [6.07, 6.45) is 0.631. The first-order valence-corrected chi connectivity index (χ1v) is 10.5. The first kappa shape index (κ1) is 24.3. The normalized spacial score (nSPS) is 13.0. The largest absolute Gasteiger partial charge is 0.463 e. The zero-order valence-corrected chi connectivity index (χ0v) is 19.1. The van der Waals surface area contributed by atoms with Gasteiger partial charge < -0.3 is 15.4 Å². The topological polar surface area (TPSA) is 93.5 Å². The number of esters is 1. The molecule has 0 spiro atoms. The number of carbonyl (C=O) groups excluding carboxylic acids is 1. The zero-order valence-electron chi connectivity index (χ0n) is 18.3. The third kappa shape index (κ3) is 7.97. The molecule has 2 atom stereocenters. The Balaban J connectivity index is 2.01. The smallest absolute Gasteiger partial charge is 0.311 e. The Kier molecular flexibility index (Phi) is 8.50. The van der Waals surface area contributed by atoms with Crippen LogP contribution in [0.4, 0.5) is 5.69 Å². The van der Waals surface area contributed by atoms with Gasteiger partial charge in [-0.15, -0.1) is 0 Å². The molecule has 0 saturated carbocycles. The van der Waals surface area contributed by atoms with Crippen molar-refractivity contribution < 1.29 is 14.5 Å². The molecule has 2 aromatic carbocycles. The van der Waals surface area contributed by atoms with E-state index in [-0.39, 0.29) is 30.3 Å². The first-order valence-electron chi connectivity index (χ1n) is 10.1. The second-order valence-corrected chi connectivity index (χ2v) is 8.83. The molecule has 0 saturated heterocycles. The number of nitro groups is 1. The summed E-state index contributed by atoms with van der Waals surface area (Å²) in [6.45, 7) is 7.53. The van der Waals surface area contributed by atoms with Gasteiger partial charge in [0, 0.05) is 12.1 Å². The molecule has 2 aromatic rings. The molecule has 0 amide bonds. The van der Waals surface area contributed by atoms with Gasteiger partial charge in [-0.1, -0.05) is 42.5 Å². The molecule has 0 fully saturated rings. The lowest BCUT2D eigenvalue weighted by Gasteiger charge is -2.25. The number of hydrogen-bond donors (Lipinski definition) is 2. The number of non-ortho nitro benzene ring substituents is 1. The Morgan fingerprint density at radius 2 is 1.71 bits per heavy atom. The molecular formula is C23H29N3O4S. The number of ether oxygens (including phenoxy) is 1. The van der Waals surface area contributed by atoms with Gasteiger partial charge >= 0.3 is 5.97 Å². The van der Waals surface area contributed by atoms with Crippen molar-refractivity contribution in [3.63, 3.8) is 0 Å². The minimum absolute atomic E-state index is 0.0419. The molecule has 0 radical (unpaired) electrons. The summed E-state index contributed by atoms with van der Waals surface area (Å²) in [5, 5.41) is 17.7. The summed E-state index contributed by atoms with van der Waals surface area (Å²) >= 11 is 5.47. The fraction of sp³-hybridized carbons (Fsp3) is 0.391. The number of hydrogen-bond acceptors (Lipinski definition) is 5. The molecule has 8 heteroatoms. The van der Waals surface area contributed by atoms with E-state index in [2.05, 4.69) is 10.6 Å². The van der Waals surface area contributed by atoms with Gasteiger partial charge in [-0.3, -0.25) is 14.9 Å². The van der Waals surface area contributed by atoms with E-state index in [1.165, 1.54) is 12.1 Å². The maximum atomic E-state index is 12.2. The number of thiocarbonyl (C=S) groups is 1. The Morgan fingerprint density at radius 1 is 1.10 bits per heavy atom. The molecule has 0 unspecified atom stereocenters. The van der Waals surface area contributed by atoms with E-state index in [1.54, 1.807) is 12.1 Å². The van der Waals surface area contributed by atoms with Crippen molar-refractivity contribution in [3.05, 3.63) is 75.8 Å². The molecular weight excluding hydrogens is 414 g/mol. The van der Waals surface area contributed by atoms with Gasteiger partial charge in [0.15, 0.2) is 5.11 Å². The van der Waals surface area contributed by atoms with E-state index in [1.807, 2.05) is 58.0 Å². The highest BCUT2D eigenvalue weighted by atomic mass is 32.1. The molecule has 0 bridgehead atoms. The Hall–Kier alpha value is -3.00. The number of benzene rings is 2. The maximum absolute atomic E-state index is 12.2. The standard InChI is InChI=1S/C23H29N3O4S/c1-16(18-10-12-20(13-11-18)26(28)29)24-22(31)25-19(14-17-8-6-5-7-9-17)15-30-21(27)23(2,3)4/h5-13,16,19H,14-15H2,1-4H3,(H2,24,25,31)/t16-,19-/m0/s1. The summed E-state index contributed by atoms with van der Waals surface area (Å²) in [5.74, 6) is -0.273. The maximum Gasteiger partial charge on any atom is 0.311 e. The van der Waals surface area contributed by atoms with Gasteiger partial charge in [-0.2, -0.15) is 0 Å². The summed E-state index contributed by atoms with van der Waals surface area (Å²) in [7, 11) is 0. The fourth-order valence-electron chi connectivity index (χ4n) is 2.83. The van der Waals surface area contributed by atoms with Gasteiger partial charge in [0.1, 0.15) is 6.61 Å². The lowest BCUT2D eigenvalue weighted by Crippen LogP contribution is -2.46. The molecule has 7 nitrogen and oxygen atoms in total. The van der Waals surface area contributed by atoms with Gasteiger partial charge in [-0.05, 0) is 57.5 Å². The van der Waals surface area contributed by atoms with Crippen LogP contribution in [0.25, 0.3) is 0 Å². The second kappa shape index (κ2) is 10.9. The van der Waals surface area contributed by atoms with Crippen LogP contribution in [0.2, 0.25) is 0 Å². The quantitative estimate of drug-likeness (QED) is 0.272. The third-order valence-corrected chi connectivity index (χ3v) is 4.88. The van der Waals surface area contributed by atoms with Crippen LogP contribution in [0, 0.1) is 15.5 Å². The molecule has 0 aliphatic heterocycles. The van der Waals surface area contributed by atoms with E-state index in [0.717, 1.165) is 11.1 Å². The van der Waals surface area contributed by atoms with E-state index in [9.17, 15) is 14.9 Å². The monoisotopic (exact) mass is 443 g/mol. The average molecular weight is 444 g/mol. The van der Waals surface area contributed by atoms with Crippen LogP contribution in [-0.2, 0) is 16.0 Å². The van der Waals surface area contributed by atoms with Crippen LogP contribution >= 0.6 is 12.2 Å². The summed E-state index contributed by atoms with van der Waals surface area (Å²) in [5.41, 5.74) is 1.42. The number of rotatable bonds is 8. The van der Waals surface area contributed by atoms with Gasteiger partial charge in [0.25, 0.3) is 5.69 Å². The number of carbonyl (C=O) groups is 1. The zero-order chi connectivity index (χ0) is 23.0. The molecule has 0 aliphatic rings. The van der Waals surface area contributed by atoms with Crippen molar-refractivity contribution in [3.8, 4) is 0 Å². The minimum atomic E-state index is -0.583. The van der Waals surface area contributed by atoms with Gasteiger partial charge in [0.05, 0.1) is 22.4 Å². The molecule has 166 valence electrons. The van der Waals surface area contributed by atoms with Crippen LogP contribution in [0.1, 0.15) is 44.9 Å². The molecule has 2 N–H and O–H groups in total. The summed E-state index contributed by atoms with van der Waals surface area (Å²) in [6, 6.07) is 15.9. The molecule has 0 aromatic heterocycles. The van der Waals surface area contributed by atoms with Crippen molar-refractivity contribution >= 4 is 29.0 Å². The summed E-state index contributed by atoms with van der Waals surface area (Å²) < 4.78 is 5.51. The Morgan fingerprint density at radius 3 is 2.26 bits per heavy atom. The van der Waals surface area contributed by atoms with Crippen molar-refractivity contribution in [2.45, 2.75) is 46.2 Å². The van der Waals surface area contributed by atoms with E-state index in [4.69, 9.17) is 17.0 Å². The van der Waals surface area contributed by atoms with E-state index >= 15 is 0 Å². The number of nitrogens with zero attached hydrogens (tertiary/aromatic N) is 1. The van der Waals surface area contributed by atoms with Crippen LogP contribution < -0.4 is 10.6 Å². The molecule has 0 heterocycles. The van der Waals surface area contributed by atoms with Crippen LogP contribution in [-0.4, -0.2) is 28.7 Å². The third-order valence-electron chi connectivity index (χ3n) is 4.64. The predicted molar refractivity (Wildman–Crippen MR) is 125 cm³/mol. The predicted octanol–water partition coefficient (Wildman–Crippen LogP) is 4.32. The Bertz CT molecular complexity index is 895. The molecule has 0 aliphatic carbocycles. The van der Waals surface area contributed by atoms with Crippen LogP contribution in [0.15, 0.2) is 54.6 Å². The lowest BCUT2D eigenvalue weighted by molar-refractivity contribution is -0.384. The van der Waals surface area contributed by atoms with Crippen molar-refractivity contribution in [2.75, 3.05) is 6.61 Å².